The number of nitrogens with two attached hydrogens (primary N) is 2. The molecule has 0 bridgehead atoms. The van der Waals surface area contributed by atoms with Gasteiger partial charge in [0.2, 0.25) is 5.88 Å². The summed E-state index contributed by atoms with van der Waals surface area (Å²) in [6.45, 7) is 4.46. The van der Waals surface area contributed by atoms with Crippen LogP contribution in [0.5, 0.6) is 11.9 Å². The van der Waals surface area contributed by atoms with Gasteiger partial charge in [-0.25, -0.2) is 23.7 Å². The van der Waals surface area contributed by atoms with Crippen molar-refractivity contribution in [3.05, 3.63) is 46.2 Å². The molecule has 4 aromatic rings. The van der Waals surface area contributed by atoms with Crippen LogP contribution in [0.2, 0.25) is 5.15 Å². The summed E-state index contributed by atoms with van der Waals surface area (Å²) in [5.74, 6) is -2.32. The zero-order chi connectivity index (χ0) is 33.1. The van der Waals surface area contributed by atoms with Crippen LogP contribution in [0.4, 0.5) is 39.4 Å². The first-order valence-electron chi connectivity index (χ1n) is 14.3. The number of likely N-dealkylation sites (N-methyl/N-ethyl adjacent to an activating group) is 1. The van der Waals surface area contributed by atoms with Crippen LogP contribution in [0, 0.1) is 11.6 Å². The Labute approximate surface area is 264 Å². The highest BCUT2D eigenvalue weighted by molar-refractivity contribution is 6.30. The zero-order valence-electron chi connectivity index (χ0n) is 24.9. The smallest absolute Gasteiger partial charge is 0.420 e. The van der Waals surface area contributed by atoms with Crippen molar-refractivity contribution >= 4 is 40.0 Å². The number of ether oxygens (including phenoxy) is 2. The number of halogens is 6. The molecule has 0 spiro atoms. The number of aromatic nitrogens is 5. The highest BCUT2D eigenvalue weighted by Gasteiger charge is 2.40. The average molecular weight is 666 g/mol. The number of hydrogen-bond acceptors (Lipinski definition) is 11. The topological polar surface area (TPSA) is 141 Å². The first-order chi connectivity index (χ1) is 21.7. The van der Waals surface area contributed by atoms with Gasteiger partial charge in [-0.3, -0.25) is 0 Å². The molecule has 4 aromatic heterocycles. The van der Waals surface area contributed by atoms with E-state index in [1.54, 1.807) is 18.7 Å². The molecule has 6 heterocycles. The highest BCUT2D eigenvalue weighted by atomic mass is 35.5. The molecule has 0 amide bonds. The third-order valence-corrected chi connectivity index (χ3v) is 8.56. The van der Waals surface area contributed by atoms with E-state index >= 15 is 4.39 Å². The van der Waals surface area contributed by atoms with Gasteiger partial charge in [0.05, 0.1) is 18.3 Å². The maximum Gasteiger partial charge on any atom is 0.420 e. The van der Waals surface area contributed by atoms with Crippen LogP contribution in [0.25, 0.3) is 22.2 Å². The molecular weight excluding hydrogens is 637 g/mol. The van der Waals surface area contributed by atoms with Crippen LogP contribution in [0.15, 0.2) is 18.3 Å². The first-order valence-corrected chi connectivity index (χ1v) is 14.7. The van der Waals surface area contributed by atoms with Gasteiger partial charge in [-0.1, -0.05) is 11.6 Å². The molecule has 1 fully saturated rings. The second-order valence-corrected chi connectivity index (χ2v) is 11.7. The first kappa shape index (κ1) is 31.7. The van der Waals surface area contributed by atoms with E-state index in [0.717, 1.165) is 31.6 Å². The number of rotatable bonds is 6. The number of likely N-dealkylation sites (tertiary alicyclic amines) is 1. The van der Waals surface area contributed by atoms with Crippen LogP contribution >= 0.6 is 11.6 Å². The monoisotopic (exact) mass is 665 g/mol. The molecule has 0 aromatic carbocycles. The third-order valence-electron chi connectivity index (χ3n) is 8.29. The molecule has 6 rings (SSSR count). The summed E-state index contributed by atoms with van der Waals surface area (Å²) in [5, 5.41) is -1.01. The molecule has 2 aliphatic heterocycles. The quantitative estimate of drug-likeness (QED) is 0.201. The Hall–Kier alpha value is -4.31. The number of hydrogen-bond donors (Lipinski definition) is 2. The molecule has 0 unspecified atom stereocenters. The highest BCUT2D eigenvalue weighted by Crippen LogP contribution is 2.46. The Kier molecular flexibility index (Phi) is 8.13. The van der Waals surface area contributed by atoms with Gasteiger partial charge in [0.25, 0.3) is 0 Å². The Morgan fingerprint density at radius 2 is 1.91 bits per heavy atom. The summed E-state index contributed by atoms with van der Waals surface area (Å²) in [7, 11) is 1.95. The summed E-state index contributed by atoms with van der Waals surface area (Å²) in [4.78, 5) is 24.4. The molecule has 0 radical (unpaired) electrons. The van der Waals surface area contributed by atoms with Gasteiger partial charge >= 0.3 is 12.2 Å². The molecule has 244 valence electrons. The van der Waals surface area contributed by atoms with E-state index in [1.807, 2.05) is 7.05 Å². The molecule has 46 heavy (non-hydrogen) atoms. The van der Waals surface area contributed by atoms with Gasteiger partial charge in [0, 0.05) is 17.2 Å². The van der Waals surface area contributed by atoms with Crippen LogP contribution in [-0.4, -0.2) is 68.7 Å². The van der Waals surface area contributed by atoms with Gasteiger partial charge in [-0.05, 0) is 52.4 Å². The standard InChI is InChI=1S/C29H29ClF5N9O2/c1-12-10-45-27-19-23(21(32)22(40-27)17-8-18(36)39-24(30)20(17)29(33,34)35)41-28(46-11-15-5-4-6-43(15)3)42-26(19)44(12)13(2)16-7-14(31)9-38-25(16)37/h7-9,12-13,15H,4-6,10-11H2,1-3H3,(H2,36,39)(H2,37,38)/t12-,13+,15-/m0/s1. The normalized spacial score (nSPS) is 19.3. The van der Waals surface area contributed by atoms with Crippen molar-refractivity contribution < 1.29 is 31.4 Å². The van der Waals surface area contributed by atoms with E-state index in [4.69, 9.17) is 32.5 Å². The lowest BCUT2D eigenvalue weighted by atomic mass is 10.0. The Bertz CT molecular complexity index is 1830. The predicted molar refractivity (Wildman–Crippen MR) is 161 cm³/mol. The number of alkyl halides is 3. The van der Waals surface area contributed by atoms with Crippen molar-refractivity contribution in [2.75, 3.05) is 43.2 Å². The Balaban J connectivity index is 1.60. The molecule has 17 heteroatoms. The fourth-order valence-electron chi connectivity index (χ4n) is 5.99. The predicted octanol–water partition coefficient (Wildman–Crippen LogP) is 5.42. The van der Waals surface area contributed by atoms with E-state index in [1.165, 1.54) is 6.07 Å². The lowest BCUT2D eigenvalue weighted by Gasteiger charge is -2.35. The number of nitrogens with zero attached hydrogens (tertiary/aromatic N) is 7. The van der Waals surface area contributed by atoms with Gasteiger partial charge in [-0.15, -0.1) is 0 Å². The van der Waals surface area contributed by atoms with Crippen LogP contribution in [-0.2, 0) is 6.18 Å². The molecule has 0 saturated carbocycles. The molecule has 2 aliphatic rings. The molecular formula is C29H29ClF5N9O2. The zero-order valence-corrected chi connectivity index (χ0v) is 25.6. The maximum atomic E-state index is 16.6. The Morgan fingerprint density at radius 3 is 2.61 bits per heavy atom. The summed E-state index contributed by atoms with van der Waals surface area (Å²) < 4.78 is 85.6. The third kappa shape index (κ3) is 5.63. The largest absolute Gasteiger partial charge is 0.475 e. The van der Waals surface area contributed by atoms with Crippen molar-refractivity contribution in [2.45, 2.75) is 51.0 Å². The molecule has 11 nitrogen and oxygen atoms in total. The number of pyridine rings is 3. The Morgan fingerprint density at radius 1 is 1.15 bits per heavy atom. The molecule has 4 N–H and O–H groups in total. The summed E-state index contributed by atoms with van der Waals surface area (Å²) in [5.41, 5.74) is 8.83. The minimum atomic E-state index is -5.04. The second kappa shape index (κ2) is 11.8. The van der Waals surface area contributed by atoms with E-state index in [9.17, 15) is 17.6 Å². The summed E-state index contributed by atoms with van der Waals surface area (Å²) >= 11 is 5.88. The van der Waals surface area contributed by atoms with Gasteiger partial charge in [0.1, 0.15) is 63.8 Å². The van der Waals surface area contributed by atoms with E-state index in [0.29, 0.717) is 5.56 Å². The van der Waals surface area contributed by atoms with Gasteiger partial charge in [0.15, 0.2) is 5.82 Å². The van der Waals surface area contributed by atoms with E-state index in [-0.39, 0.29) is 54.0 Å². The fraction of sp³-hybridized carbons (Fsp3) is 0.414. The lowest BCUT2D eigenvalue weighted by molar-refractivity contribution is -0.137. The van der Waals surface area contributed by atoms with Crippen molar-refractivity contribution in [1.29, 1.82) is 0 Å². The van der Waals surface area contributed by atoms with Crippen molar-refractivity contribution in [3.63, 3.8) is 0 Å². The number of anilines is 3. The second-order valence-electron chi connectivity index (χ2n) is 11.4. The fourth-order valence-corrected chi connectivity index (χ4v) is 6.30. The summed E-state index contributed by atoms with van der Waals surface area (Å²) in [6, 6.07) is 0.654. The molecule has 3 atom stereocenters. The van der Waals surface area contributed by atoms with Crippen molar-refractivity contribution in [3.8, 4) is 23.1 Å². The van der Waals surface area contributed by atoms with Crippen molar-refractivity contribution in [1.82, 2.24) is 29.8 Å². The van der Waals surface area contributed by atoms with Gasteiger partial charge < -0.3 is 30.7 Å². The minimum Gasteiger partial charge on any atom is -0.475 e. The molecule has 1 saturated heterocycles. The maximum absolute atomic E-state index is 16.6. The van der Waals surface area contributed by atoms with Crippen LogP contribution in [0.3, 0.4) is 0 Å². The SMILES string of the molecule is C[C@H](c1cc(F)cnc1N)N1c2nc(OC[C@@H]3CCCN3C)nc3c(F)c(-c4cc(N)nc(Cl)c4C(F)(F)F)nc(c23)OC[C@@H]1C. The van der Waals surface area contributed by atoms with Crippen molar-refractivity contribution in [2.24, 2.45) is 0 Å². The van der Waals surface area contributed by atoms with E-state index in [2.05, 4.69) is 29.8 Å². The van der Waals surface area contributed by atoms with Crippen LogP contribution < -0.4 is 25.8 Å². The van der Waals surface area contributed by atoms with Crippen LogP contribution in [0.1, 0.15) is 43.9 Å². The lowest BCUT2D eigenvalue weighted by Crippen LogP contribution is -2.39. The average Bonchev–Trinajstić information content (AvgIpc) is 3.33. The van der Waals surface area contributed by atoms with Gasteiger partial charge in [-0.2, -0.15) is 23.1 Å². The number of nitrogen functional groups attached to an aromatic ring is 2. The summed E-state index contributed by atoms with van der Waals surface area (Å²) in [6.07, 6.45) is -2.24. The van der Waals surface area contributed by atoms with E-state index < -0.39 is 57.4 Å². The molecule has 0 aliphatic carbocycles. The minimum absolute atomic E-state index is 0.0348.